The molecule has 20 heteroatoms. The molecule has 1 aromatic carbocycles. The van der Waals surface area contributed by atoms with E-state index in [4.69, 9.17) is 35.3 Å². The number of benzene rings is 1. The highest BCUT2D eigenvalue weighted by Crippen LogP contribution is 2.49. The van der Waals surface area contributed by atoms with Crippen LogP contribution in [0.2, 0.25) is 5.02 Å². The van der Waals surface area contributed by atoms with Crippen molar-refractivity contribution in [3.8, 4) is 5.75 Å². The van der Waals surface area contributed by atoms with E-state index in [9.17, 15) is 43.8 Å². The Balaban J connectivity index is 1.16. The van der Waals surface area contributed by atoms with Gasteiger partial charge in [0.2, 0.25) is 23.6 Å². The minimum absolute atomic E-state index is 0.00460. The predicted molar refractivity (Wildman–Crippen MR) is 246 cm³/mol. The number of amides is 5. The highest BCUT2D eigenvalue weighted by molar-refractivity contribution is 8.00. The molecular weight excluding hydrogens is 912 g/mol. The van der Waals surface area contributed by atoms with E-state index in [1.807, 2.05) is 13.0 Å². The molecular formula is C47H63ClN4O14S. The summed E-state index contributed by atoms with van der Waals surface area (Å²) in [5.74, 6) is -3.58. The number of carbonyl (C=O) groups excluding carboxylic acids is 6. The molecule has 18 nitrogen and oxygen atoms in total. The topological polar surface area (TPSA) is 231 Å². The summed E-state index contributed by atoms with van der Waals surface area (Å²) in [6.45, 7) is 7.10. The summed E-state index contributed by atoms with van der Waals surface area (Å²) in [6, 6.07) is 2.40. The first kappa shape index (κ1) is 51.7. The van der Waals surface area contributed by atoms with Crippen LogP contribution in [0.25, 0.3) is 0 Å². The van der Waals surface area contributed by atoms with Gasteiger partial charge in [-0.15, -0.1) is 11.8 Å². The number of fused-ring (bicyclic) bond motifs is 5. The molecule has 3 N–H and O–H groups in total. The van der Waals surface area contributed by atoms with Crippen LogP contribution in [-0.2, 0) is 54.1 Å². The molecule has 5 amide bonds. The second-order valence-corrected chi connectivity index (χ2v) is 20.3. The number of anilines is 1. The van der Waals surface area contributed by atoms with Gasteiger partial charge in [0, 0.05) is 58.7 Å². The molecule has 9 atom stereocenters. The normalized spacial score (nSPS) is 31.8. The number of carbonyl (C=O) groups is 7. The Kier molecular flexibility index (Phi) is 16.4. The molecule has 1 aromatic rings. The number of aliphatic hydroxyl groups is 1. The maximum atomic E-state index is 14.3. The number of methoxy groups -OCH3 is 2. The summed E-state index contributed by atoms with van der Waals surface area (Å²) in [5.41, 5.74) is -1.16. The zero-order chi connectivity index (χ0) is 49.1. The molecule has 0 spiro atoms. The molecule has 5 aliphatic rings. The fraction of sp³-hybridized carbons (Fsp3) is 0.638. The number of thioether (sulfide) groups is 1. The van der Waals surface area contributed by atoms with E-state index >= 15 is 0 Å². The SMILES string of the molecule is COc1cc2cc(c1Cl)N(C)C(=O)CC(OC(=O)C(C)N(C)C(=O)CCSC1CC(=O)N(CC3CCC(C(=O)O)CC3)C1=O)C1(C)OC1C(C)C1CC(O)(NC(=O)O1)C(OC)C=CC=C(C)C2. The van der Waals surface area contributed by atoms with Gasteiger partial charge in [0.05, 0.1) is 36.5 Å². The average Bonchev–Trinajstić information content (AvgIpc) is 3.91. The lowest BCUT2D eigenvalue weighted by Crippen LogP contribution is -2.63. The minimum atomic E-state index is -1.88. The predicted octanol–water partition coefficient (Wildman–Crippen LogP) is 4.66. The number of epoxide rings is 1. The van der Waals surface area contributed by atoms with Crippen molar-refractivity contribution >= 4 is 70.7 Å². The average molecular weight is 976 g/mol. The molecule has 0 aromatic heterocycles. The maximum absolute atomic E-state index is 14.3. The van der Waals surface area contributed by atoms with Crippen LogP contribution >= 0.6 is 23.4 Å². The summed E-state index contributed by atoms with van der Waals surface area (Å²) >= 11 is 8.00. The molecule has 9 unspecified atom stereocenters. The van der Waals surface area contributed by atoms with E-state index in [-0.39, 0.29) is 60.7 Å². The second-order valence-electron chi connectivity index (χ2n) is 18.6. The molecule has 1 aliphatic carbocycles. The standard InChI is InChI=1S/C47H63ClN4O14S/c1-25-10-9-11-35(63-8)47(61)23-33(64-45(60)49-47)26(2)41-46(4,66-41)36(22-38(54)51(6)31-19-29(18-25)20-32(62-7)40(31)48)65-44(59)27(3)50(5)37(53)16-17-67-34-21-39(55)52(42(34)56)24-28-12-14-30(15-13-28)43(57)58/h9-11,19-20,26-28,30,33-36,41,61H,12-18,21-24H2,1-8H3,(H,49,60)(H,57,58). The third-order valence-corrected chi connectivity index (χ3v) is 15.6. The Morgan fingerprint density at radius 1 is 1.09 bits per heavy atom. The Labute approximate surface area is 400 Å². The number of hydrogen-bond donors (Lipinski definition) is 3. The Hall–Kier alpha value is -4.69. The van der Waals surface area contributed by atoms with Gasteiger partial charge in [0.25, 0.3) is 0 Å². The van der Waals surface area contributed by atoms with Crippen molar-refractivity contribution in [2.75, 3.05) is 45.5 Å². The molecule has 4 bridgehead atoms. The van der Waals surface area contributed by atoms with E-state index in [1.165, 1.54) is 54.7 Å². The number of aliphatic carboxylic acids is 1. The number of nitrogens with one attached hydrogen (secondary N) is 1. The van der Waals surface area contributed by atoms with Crippen LogP contribution in [0, 0.1) is 17.8 Å². The van der Waals surface area contributed by atoms with Crippen LogP contribution in [0.5, 0.6) is 5.75 Å². The largest absolute Gasteiger partial charge is 0.495 e. The molecule has 4 fully saturated rings. The molecule has 3 saturated heterocycles. The van der Waals surface area contributed by atoms with Crippen molar-refractivity contribution in [2.45, 2.75) is 133 Å². The lowest BCUT2D eigenvalue weighted by atomic mass is 9.82. The number of allylic oxidation sites excluding steroid dienone is 3. The zero-order valence-electron chi connectivity index (χ0n) is 39.3. The molecule has 0 radical (unpaired) electrons. The van der Waals surface area contributed by atoms with Crippen molar-refractivity contribution in [1.82, 2.24) is 15.1 Å². The summed E-state index contributed by atoms with van der Waals surface area (Å²) < 4.78 is 29.4. The van der Waals surface area contributed by atoms with E-state index in [0.717, 1.165) is 11.1 Å². The number of carboxylic acid groups (broad SMARTS) is 1. The van der Waals surface area contributed by atoms with E-state index in [2.05, 4.69) is 5.32 Å². The van der Waals surface area contributed by atoms with Crippen molar-refractivity contribution in [2.24, 2.45) is 17.8 Å². The first-order valence-electron chi connectivity index (χ1n) is 22.6. The van der Waals surface area contributed by atoms with Gasteiger partial charge in [-0.1, -0.05) is 42.3 Å². The van der Waals surface area contributed by atoms with Crippen molar-refractivity contribution in [3.63, 3.8) is 0 Å². The molecule has 6 rings (SSSR count). The van der Waals surface area contributed by atoms with Gasteiger partial charge >= 0.3 is 18.0 Å². The maximum Gasteiger partial charge on any atom is 0.409 e. The molecule has 4 aliphatic heterocycles. The van der Waals surface area contributed by atoms with Crippen LogP contribution < -0.4 is 15.0 Å². The van der Waals surface area contributed by atoms with Crippen LogP contribution in [-0.4, -0.2) is 149 Å². The van der Waals surface area contributed by atoms with Crippen molar-refractivity contribution < 1.29 is 67.5 Å². The minimum Gasteiger partial charge on any atom is -0.495 e. The summed E-state index contributed by atoms with van der Waals surface area (Å²) in [6.07, 6.45) is 2.63. The lowest BCUT2D eigenvalue weighted by molar-refractivity contribution is -0.162. The second kappa shape index (κ2) is 21.3. The van der Waals surface area contributed by atoms with Crippen LogP contribution in [0.15, 0.2) is 35.9 Å². The highest BCUT2D eigenvalue weighted by atomic mass is 35.5. The number of halogens is 1. The number of likely N-dealkylation sites (N-methyl/N-ethyl adjacent to an activating group) is 1. The Bertz CT molecular complexity index is 2170. The van der Waals surface area contributed by atoms with Crippen LogP contribution in [0.4, 0.5) is 10.5 Å². The molecule has 1 saturated carbocycles. The first-order valence-corrected chi connectivity index (χ1v) is 24.1. The number of ether oxygens (including phenoxy) is 5. The fourth-order valence-corrected chi connectivity index (χ4v) is 10.9. The quantitative estimate of drug-likeness (QED) is 0.147. The smallest absolute Gasteiger partial charge is 0.409 e. The number of esters is 1. The zero-order valence-corrected chi connectivity index (χ0v) is 40.9. The first-order chi connectivity index (χ1) is 31.6. The van der Waals surface area contributed by atoms with Gasteiger partial charge in [-0.05, 0) is 76.5 Å². The van der Waals surface area contributed by atoms with Gasteiger partial charge in [-0.3, -0.25) is 34.2 Å². The summed E-state index contributed by atoms with van der Waals surface area (Å²) in [5, 5.41) is 23.2. The molecule has 67 heavy (non-hydrogen) atoms. The summed E-state index contributed by atoms with van der Waals surface area (Å²) in [7, 11) is 5.87. The van der Waals surface area contributed by atoms with E-state index in [0.29, 0.717) is 43.5 Å². The fourth-order valence-electron chi connectivity index (χ4n) is 9.51. The number of imide groups is 1. The number of hydrogen-bond acceptors (Lipinski definition) is 14. The monoisotopic (exact) mass is 974 g/mol. The third kappa shape index (κ3) is 11.6. The van der Waals surface area contributed by atoms with Gasteiger partial charge in [-0.2, -0.15) is 0 Å². The number of carboxylic acids is 1. The summed E-state index contributed by atoms with van der Waals surface area (Å²) in [4.78, 5) is 96.2. The van der Waals surface area contributed by atoms with Gasteiger partial charge in [0.15, 0.2) is 5.72 Å². The highest BCUT2D eigenvalue weighted by Gasteiger charge is 2.64. The molecule has 368 valence electrons. The van der Waals surface area contributed by atoms with Crippen molar-refractivity contribution in [3.05, 3.63) is 46.5 Å². The van der Waals surface area contributed by atoms with Gasteiger partial charge in [0.1, 0.15) is 40.7 Å². The lowest BCUT2D eigenvalue weighted by Gasteiger charge is -2.42. The number of likely N-dealkylation sites (tertiary alicyclic amines) is 1. The Morgan fingerprint density at radius 3 is 2.45 bits per heavy atom. The van der Waals surface area contributed by atoms with E-state index in [1.54, 1.807) is 45.2 Å². The van der Waals surface area contributed by atoms with Gasteiger partial charge < -0.3 is 43.7 Å². The molecule has 4 heterocycles. The van der Waals surface area contributed by atoms with Crippen molar-refractivity contribution in [1.29, 1.82) is 0 Å². The van der Waals surface area contributed by atoms with Crippen LogP contribution in [0.3, 0.4) is 0 Å². The van der Waals surface area contributed by atoms with Gasteiger partial charge in [-0.25, -0.2) is 9.59 Å². The number of alkyl carbamates (subject to hydrolysis) is 1. The van der Waals surface area contributed by atoms with E-state index < -0.39 is 88.7 Å². The third-order valence-electron chi connectivity index (χ3n) is 14.0. The Morgan fingerprint density at radius 2 is 1.79 bits per heavy atom. The number of nitrogens with zero attached hydrogens (tertiary/aromatic N) is 3. The number of rotatable bonds is 12. The van der Waals surface area contributed by atoms with Crippen LogP contribution in [0.1, 0.15) is 84.6 Å².